The Labute approximate surface area is 135 Å². The highest BCUT2D eigenvalue weighted by molar-refractivity contribution is 6.17. The smallest absolute Gasteiger partial charge is 0.344 e. The number of aromatic hydroxyl groups is 1. The molecule has 0 aliphatic carbocycles. The average Bonchev–Trinajstić information content (AvgIpc) is 2.61. The molecule has 0 bridgehead atoms. The molecule has 1 N–H and O–H groups in total. The topological polar surface area (TPSA) is 76.7 Å². The first-order valence-electron chi connectivity index (χ1n) is 7.30. The minimum atomic E-state index is -0.616. The fourth-order valence-electron chi connectivity index (χ4n) is 3.02. The van der Waals surface area contributed by atoms with Crippen LogP contribution in [0.25, 0.3) is 32.5 Å². The van der Waals surface area contributed by atoms with Crippen molar-refractivity contribution >= 4 is 38.5 Å². The third-order valence-electron chi connectivity index (χ3n) is 4.13. The van der Waals surface area contributed by atoms with E-state index in [2.05, 4.69) is 0 Å². The van der Waals surface area contributed by atoms with Crippen LogP contribution < -0.4 is 5.63 Å². The van der Waals surface area contributed by atoms with Crippen LogP contribution in [-0.2, 0) is 4.74 Å². The number of carbonyl (C=O) groups is 1. The number of carbonyl (C=O) groups excluding carboxylic acids is 1. The minimum absolute atomic E-state index is 0.0111. The predicted molar refractivity (Wildman–Crippen MR) is 90.5 cm³/mol. The van der Waals surface area contributed by atoms with E-state index in [1.807, 2.05) is 12.1 Å². The number of ether oxygens (including phenoxy) is 1. The molecule has 5 nitrogen and oxygen atoms in total. The highest BCUT2D eigenvalue weighted by Crippen LogP contribution is 2.37. The number of esters is 1. The van der Waals surface area contributed by atoms with E-state index in [0.29, 0.717) is 16.2 Å². The molecule has 0 saturated carbocycles. The molecule has 0 aliphatic heterocycles. The molecule has 5 heteroatoms. The standard InChI is InChI=1S/C19H12O5/c1-23-18(21)13-8-4-7-12-15-14(19(22)24-17(12)13)9-10-5-2-3-6-11(10)16(15)20/h2-9,20H,1H3. The second-order valence-corrected chi connectivity index (χ2v) is 5.43. The van der Waals surface area contributed by atoms with E-state index in [1.54, 1.807) is 30.3 Å². The number of methoxy groups -OCH3 is 1. The van der Waals surface area contributed by atoms with Crippen molar-refractivity contribution in [2.24, 2.45) is 0 Å². The van der Waals surface area contributed by atoms with Crippen LogP contribution >= 0.6 is 0 Å². The number of fused-ring (bicyclic) bond motifs is 4. The van der Waals surface area contributed by atoms with E-state index in [4.69, 9.17) is 9.15 Å². The van der Waals surface area contributed by atoms with E-state index in [1.165, 1.54) is 13.2 Å². The molecule has 0 atom stereocenters. The molecule has 1 aromatic heterocycles. The molecule has 0 amide bonds. The van der Waals surface area contributed by atoms with Gasteiger partial charge in [0.15, 0.2) is 5.58 Å². The van der Waals surface area contributed by atoms with Crippen LogP contribution in [0.4, 0.5) is 0 Å². The Kier molecular flexibility index (Phi) is 3.03. The quantitative estimate of drug-likeness (QED) is 0.251. The average molecular weight is 320 g/mol. The zero-order valence-corrected chi connectivity index (χ0v) is 12.7. The van der Waals surface area contributed by atoms with Crippen molar-refractivity contribution < 1.29 is 19.1 Å². The van der Waals surface area contributed by atoms with Gasteiger partial charge in [-0.05, 0) is 17.5 Å². The summed E-state index contributed by atoms with van der Waals surface area (Å²) in [6.45, 7) is 0. The van der Waals surface area contributed by atoms with Crippen LogP contribution in [0.5, 0.6) is 5.75 Å². The van der Waals surface area contributed by atoms with Crippen molar-refractivity contribution in [3.05, 3.63) is 64.5 Å². The van der Waals surface area contributed by atoms with Crippen LogP contribution in [-0.4, -0.2) is 18.2 Å². The molecule has 0 aliphatic rings. The molecule has 24 heavy (non-hydrogen) atoms. The third-order valence-corrected chi connectivity index (χ3v) is 4.13. The van der Waals surface area contributed by atoms with Crippen molar-refractivity contribution in [1.29, 1.82) is 0 Å². The summed E-state index contributed by atoms with van der Waals surface area (Å²) in [7, 11) is 1.26. The second kappa shape index (κ2) is 5.09. The maximum Gasteiger partial charge on any atom is 0.344 e. The molecule has 0 fully saturated rings. The lowest BCUT2D eigenvalue weighted by molar-refractivity contribution is 0.0601. The summed E-state index contributed by atoms with van der Waals surface area (Å²) in [4.78, 5) is 24.3. The Balaban J connectivity index is 2.28. The fraction of sp³-hybridized carbons (Fsp3) is 0.0526. The van der Waals surface area contributed by atoms with Gasteiger partial charge in [0.25, 0.3) is 0 Å². The van der Waals surface area contributed by atoms with Gasteiger partial charge in [0.1, 0.15) is 11.3 Å². The maximum atomic E-state index is 12.4. The van der Waals surface area contributed by atoms with Crippen LogP contribution in [0, 0.1) is 0 Å². The van der Waals surface area contributed by atoms with E-state index in [0.717, 1.165) is 5.39 Å². The van der Waals surface area contributed by atoms with E-state index in [-0.39, 0.29) is 22.3 Å². The Hall–Kier alpha value is -3.34. The number of benzene rings is 3. The van der Waals surface area contributed by atoms with E-state index < -0.39 is 11.6 Å². The predicted octanol–water partition coefficient (Wildman–Crippen LogP) is 3.59. The van der Waals surface area contributed by atoms with Gasteiger partial charge >= 0.3 is 11.6 Å². The number of rotatable bonds is 1. The van der Waals surface area contributed by atoms with Crippen molar-refractivity contribution in [1.82, 2.24) is 0 Å². The third kappa shape index (κ3) is 1.88. The summed E-state index contributed by atoms with van der Waals surface area (Å²) in [6, 6.07) is 13.8. The van der Waals surface area contributed by atoms with Crippen LogP contribution in [0.3, 0.4) is 0 Å². The Morgan fingerprint density at radius 1 is 1.04 bits per heavy atom. The summed E-state index contributed by atoms with van der Waals surface area (Å²) in [5.74, 6) is -0.619. The zero-order chi connectivity index (χ0) is 16.8. The van der Waals surface area contributed by atoms with Gasteiger partial charge in [0.2, 0.25) is 0 Å². The highest BCUT2D eigenvalue weighted by atomic mass is 16.5. The lowest BCUT2D eigenvalue weighted by Crippen LogP contribution is -2.06. The van der Waals surface area contributed by atoms with Crippen molar-refractivity contribution in [2.75, 3.05) is 7.11 Å². The van der Waals surface area contributed by atoms with Gasteiger partial charge in [-0.3, -0.25) is 0 Å². The Morgan fingerprint density at radius 3 is 2.58 bits per heavy atom. The number of phenolic OH excluding ortho intramolecular Hbond substituents is 1. The Bertz CT molecular complexity index is 1190. The van der Waals surface area contributed by atoms with Crippen LogP contribution in [0.15, 0.2) is 57.7 Å². The first-order valence-corrected chi connectivity index (χ1v) is 7.30. The first-order chi connectivity index (χ1) is 11.6. The maximum absolute atomic E-state index is 12.4. The summed E-state index contributed by atoms with van der Waals surface area (Å²) in [5.41, 5.74) is -0.371. The normalized spacial score (nSPS) is 11.2. The highest BCUT2D eigenvalue weighted by Gasteiger charge is 2.19. The molecule has 118 valence electrons. The van der Waals surface area contributed by atoms with Crippen molar-refractivity contribution in [2.45, 2.75) is 0 Å². The first kappa shape index (κ1) is 14.3. The summed E-state index contributed by atoms with van der Waals surface area (Å²) < 4.78 is 10.1. The van der Waals surface area contributed by atoms with Gasteiger partial charge in [-0.1, -0.05) is 36.4 Å². The number of hydrogen-bond acceptors (Lipinski definition) is 5. The lowest BCUT2D eigenvalue weighted by Gasteiger charge is -2.09. The number of hydrogen-bond donors (Lipinski definition) is 1. The summed E-state index contributed by atoms with van der Waals surface area (Å²) >= 11 is 0. The van der Waals surface area contributed by atoms with Gasteiger partial charge in [-0.25, -0.2) is 9.59 Å². The molecule has 3 aromatic carbocycles. The molecule has 0 spiro atoms. The van der Waals surface area contributed by atoms with Crippen LogP contribution in [0.2, 0.25) is 0 Å². The minimum Gasteiger partial charge on any atom is -0.507 e. The number of phenols is 1. The van der Waals surface area contributed by atoms with E-state index >= 15 is 0 Å². The van der Waals surface area contributed by atoms with Gasteiger partial charge in [-0.15, -0.1) is 0 Å². The van der Waals surface area contributed by atoms with Crippen LogP contribution in [0.1, 0.15) is 10.4 Å². The molecule has 4 aromatic rings. The monoisotopic (exact) mass is 320 g/mol. The van der Waals surface area contributed by atoms with Crippen molar-refractivity contribution in [3.63, 3.8) is 0 Å². The fourth-order valence-corrected chi connectivity index (χ4v) is 3.02. The molecule has 0 radical (unpaired) electrons. The van der Waals surface area contributed by atoms with Gasteiger partial charge < -0.3 is 14.3 Å². The molecule has 0 unspecified atom stereocenters. The summed E-state index contributed by atoms with van der Waals surface area (Å²) in [6.07, 6.45) is 0. The number of para-hydroxylation sites is 1. The Morgan fingerprint density at radius 2 is 1.79 bits per heavy atom. The zero-order valence-electron chi connectivity index (χ0n) is 12.7. The molecule has 4 rings (SSSR count). The lowest BCUT2D eigenvalue weighted by atomic mass is 9.99. The largest absolute Gasteiger partial charge is 0.507 e. The second-order valence-electron chi connectivity index (χ2n) is 5.43. The van der Waals surface area contributed by atoms with E-state index in [9.17, 15) is 14.7 Å². The SMILES string of the molecule is COC(=O)c1cccc2c1oc(=O)c1cc3ccccc3c(O)c12. The van der Waals surface area contributed by atoms with Crippen molar-refractivity contribution in [3.8, 4) is 5.75 Å². The van der Waals surface area contributed by atoms with Gasteiger partial charge in [0, 0.05) is 16.2 Å². The molecule has 1 heterocycles. The van der Waals surface area contributed by atoms with Gasteiger partial charge in [0.05, 0.1) is 12.5 Å². The molecular formula is C19H12O5. The molecular weight excluding hydrogens is 308 g/mol. The molecule has 0 saturated heterocycles. The van der Waals surface area contributed by atoms with Gasteiger partial charge in [-0.2, -0.15) is 0 Å². The summed E-state index contributed by atoms with van der Waals surface area (Å²) in [5, 5.41) is 13.2.